The molecule has 5 nitrogen and oxygen atoms in total. The molecule has 4 rings (SSSR count). The van der Waals surface area contributed by atoms with E-state index in [4.69, 9.17) is 0 Å². The Balaban J connectivity index is 1.37. The maximum absolute atomic E-state index is 12.8. The molecular formula is C23H23N3O2S. The molecule has 1 saturated heterocycles. The fourth-order valence-electron chi connectivity index (χ4n) is 3.43. The van der Waals surface area contributed by atoms with Crippen molar-refractivity contribution in [2.45, 2.75) is 13.3 Å². The van der Waals surface area contributed by atoms with Crippen LogP contribution in [0, 0.1) is 0 Å². The molecule has 0 unspecified atom stereocenters. The lowest BCUT2D eigenvalue weighted by Gasteiger charge is -2.34. The van der Waals surface area contributed by atoms with Crippen LogP contribution in [0.5, 0.6) is 0 Å². The third-order valence-electron chi connectivity index (χ3n) is 5.21. The van der Waals surface area contributed by atoms with E-state index in [-0.39, 0.29) is 11.8 Å². The van der Waals surface area contributed by atoms with Crippen LogP contribution in [-0.4, -0.2) is 52.8 Å². The van der Waals surface area contributed by atoms with Crippen LogP contribution in [0.25, 0.3) is 10.6 Å². The Bertz CT molecular complexity index is 990. The van der Waals surface area contributed by atoms with E-state index < -0.39 is 0 Å². The molecule has 0 N–H and O–H groups in total. The lowest BCUT2D eigenvalue weighted by Crippen LogP contribution is -2.50. The van der Waals surface area contributed by atoms with Crippen molar-refractivity contribution in [1.82, 2.24) is 14.8 Å². The molecule has 1 fully saturated rings. The monoisotopic (exact) mass is 405 g/mol. The van der Waals surface area contributed by atoms with Crippen LogP contribution in [0.3, 0.4) is 0 Å². The fourth-order valence-corrected chi connectivity index (χ4v) is 4.23. The Hall–Kier alpha value is -2.99. The Morgan fingerprint density at radius 2 is 1.52 bits per heavy atom. The van der Waals surface area contributed by atoms with Gasteiger partial charge in [0.2, 0.25) is 0 Å². The maximum atomic E-state index is 12.8. The number of benzene rings is 2. The first-order valence-electron chi connectivity index (χ1n) is 9.84. The van der Waals surface area contributed by atoms with E-state index in [1.807, 2.05) is 64.9 Å². The fraction of sp³-hybridized carbons (Fsp3) is 0.261. The molecule has 0 saturated carbocycles. The predicted octanol–water partition coefficient (Wildman–Crippen LogP) is 3.97. The topological polar surface area (TPSA) is 53.5 Å². The van der Waals surface area contributed by atoms with E-state index in [9.17, 15) is 9.59 Å². The summed E-state index contributed by atoms with van der Waals surface area (Å²) in [5.41, 5.74) is 3.41. The van der Waals surface area contributed by atoms with Crippen LogP contribution in [-0.2, 0) is 6.42 Å². The normalized spacial score (nSPS) is 14.1. The molecule has 29 heavy (non-hydrogen) atoms. The number of thiazole rings is 1. The highest BCUT2D eigenvalue weighted by Crippen LogP contribution is 2.24. The number of hydrogen-bond acceptors (Lipinski definition) is 4. The first-order valence-corrected chi connectivity index (χ1v) is 10.7. The Morgan fingerprint density at radius 1 is 0.897 bits per heavy atom. The van der Waals surface area contributed by atoms with Gasteiger partial charge in [-0.2, -0.15) is 0 Å². The highest BCUT2D eigenvalue weighted by molar-refractivity contribution is 7.13. The largest absolute Gasteiger partial charge is 0.335 e. The molecule has 1 aliphatic rings. The lowest BCUT2D eigenvalue weighted by atomic mass is 10.1. The molecule has 0 bridgehead atoms. The molecule has 6 heteroatoms. The van der Waals surface area contributed by atoms with Gasteiger partial charge in [0.05, 0.1) is 0 Å². The summed E-state index contributed by atoms with van der Waals surface area (Å²) in [5.74, 6) is -0.0393. The second-order valence-corrected chi connectivity index (χ2v) is 7.90. The molecule has 3 aromatic rings. The molecule has 2 aromatic carbocycles. The molecule has 0 radical (unpaired) electrons. The maximum Gasteiger partial charge on any atom is 0.273 e. The number of rotatable bonds is 4. The molecule has 2 amide bonds. The summed E-state index contributed by atoms with van der Waals surface area (Å²) in [6, 6.07) is 17.6. The molecule has 1 aromatic heterocycles. The van der Waals surface area contributed by atoms with Crippen LogP contribution in [0.1, 0.15) is 33.3 Å². The summed E-state index contributed by atoms with van der Waals surface area (Å²) in [4.78, 5) is 33.7. The molecule has 0 spiro atoms. The average molecular weight is 406 g/mol. The van der Waals surface area contributed by atoms with Crippen molar-refractivity contribution in [2.24, 2.45) is 0 Å². The highest BCUT2D eigenvalue weighted by atomic mass is 32.1. The minimum Gasteiger partial charge on any atom is -0.335 e. The molecule has 0 atom stereocenters. The number of nitrogens with zero attached hydrogens (tertiary/aromatic N) is 3. The van der Waals surface area contributed by atoms with Gasteiger partial charge < -0.3 is 9.80 Å². The third-order valence-corrected chi connectivity index (χ3v) is 6.10. The first-order chi connectivity index (χ1) is 14.2. The Morgan fingerprint density at radius 3 is 2.14 bits per heavy atom. The summed E-state index contributed by atoms with van der Waals surface area (Å²) < 4.78 is 0. The molecule has 1 aliphatic heterocycles. The van der Waals surface area contributed by atoms with E-state index in [1.165, 1.54) is 16.9 Å². The number of carbonyl (C=O) groups is 2. The predicted molar refractivity (Wildman–Crippen MR) is 115 cm³/mol. The summed E-state index contributed by atoms with van der Waals surface area (Å²) in [5, 5.41) is 2.66. The minimum atomic E-state index is -0.0668. The van der Waals surface area contributed by atoms with E-state index in [0.717, 1.165) is 17.0 Å². The number of carbonyl (C=O) groups excluding carboxylic acids is 2. The van der Waals surface area contributed by atoms with Crippen molar-refractivity contribution >= 4 is 23.2 Å². The number of amides is 2. The van der Waals surface area contributed by atoms with Gasteiger partial charge in [0.1, 0.15) is 10.7 Å². The summed E-state index contributed by atoms with van der Waals surface area (Å²) in [6.45, 7) is 4.22. The van der Waals surface area contributed by atoms with E-state index >= 15 is 0 Å². The number of piperazine rings is 1. The van der Waals surface area contributed by atoms with Crippen molar-refractivity contribution in [3.05, 3.63) is 76.8 Å². The highest BCUT2D eigenvalue weighted by Gasteiger charge is 2.26. The number of hydrogen-bond donors (Lipinski definition) is 0. The van der Waals surface area contributed by atoms with Crippen molar-refractivity contribution in [3.63, 3.8) is 0 Å². The summed E-state index contributed by atoms with van der Waals surface area (Å²) >= 11 is 1.48. The van der Waals surface area contributed by atoms with Crippen LogP contribution < -0.4 is 0 Å². The van der Waals surface area contributed by atoms with Gasteiger partial charge in [-0.3, -0.25) is 9.59 Å². The Labute approximate surface area is 174 Å². The first kappa shape index (κ1) is 19.3. The van der Waals surface area contributed by atoms with Gasteiger partial charge in [-0.1, -0.05) is 49.4 Å². The molecule has 0 aliphatic carbocycles. The van der Waals surface area contributed by atoms with Gasteiger partial charge in [0.25, 0.3) is 11.8 Å². The van der Waals surface area contributed by atoms with Gasteiger partial charge >= 0.3 is 0 Å². The van der Waals surface area contributed by atoms with Crippen LogP contribution in [0.15, 0.2) is 60.0 Å². The number of aromatic nitrogens is 1. The quantitative estimate of drug-likeness (QED) is 0.660. The van der Waals surface area contributed by atoms with Crippen LogP contribution >= 0.6 is 11.3 Å². The average Bonchev–Trinajstić information content (AvgIpc) is 3.29. The van der Waals surface area contributed by atoms with Gasteiger partial charge in [-0.25, -0.2) is 4.98 Å². The van der Waals surface area contributed by atoms with Crippen LogP contribution in [0.2, 0.25) is 0 Å². The van der Waals surface area contributed by atoms with Gasteiger partial charge in [-0.05, 0) is 24.1 Å². The summed E-state index contributed by atoms with van der Waals surface area (Å²) in [7, 11) is 0. The van der Waals surface area contributed by atoms with E-state index in [1.54, 1.807) is 4.90 Å². The minimum absolute atomic E-state index is 0.0276. The zero-order valence-corrected chi connectivity index (χ0v) is 17.2. The van der Waals surface area contributed by atoms with E-state index in [0.29, 0.717) is 37.4 Å². The lowest BCUT2D eigenvalue weighted by molar-refractivity contribution is 0.0533. The smallest absolute Gasteiger partial charge is 0.273 e. The third kappa shape index (κ3) is 4.22. The molecular weight excluding hydrogens is 382 g/mol. The molecule has 148 valence electrons. The zero-order valence-electron chi connectivity index (χ0n) is 16.4. The van der Waals surface area contributed by atoms with Gasteiger partial charge in [0, 0.05) is 42.7 Å². The Kier molecular flexibility index (Phi) is 5.71. The molecule has 2 heterocycles. The standard InChI is InChI=1S/C23H23N3O2S/c1-2-17-8-10-19(11-9-17)22(27)25-12-14-26(15-13-25)23(28)20-16-29-21(24-20)18-6-4-3-5-7-18/h3-11,16H,2,12-15H2,1H3. The van der Waals surface area contributed by atoms with Crippen molar-refractivity contribution in [3.8, 4) is 10.6 Å². The second kappa shape index (κ2) is 8.57. The van der Waals surface area contributed by atoms with Crippen molar-refractivity contribution in [2.75, 3.05) is 26.2 Å². The van der Waals surface area contributed by atoms with Gasteiger partial charge in [0.15, 0.2) is 0 Å². The second-order valence-electron chi connectivity index (χ2n) is 7.04. The van der Waals surface area contributed by atoms with Crippen molar-refractivity contribution in [1.29, 1.82) is 0 Å². The van der Waals surface area contributed by atoms with Gasteiger partial charge in [-0.15, -0.1) is 11.3 Å². The van der Waals surface area contributed by atoms with E-state index in [2.05, 4.69) is 11.9 Å². The van der Waals surface area contributed by atoms with Crippen LogP contribution in [0.4, 0.5) is 0 Å². The van der Waals surface area contributed by atoms with Crippen molar-refractivity contribution < 1.29 is 9.59 Å². The SMILES string of the molecule is CCc1ccc(C(=O)N2CCN(C(=O)c3csc(-c4ccccc4)n3)CC2)cc1. The number of aryl methyl sites for hydroxylation is 1. The zero-order chi connectivity index (χ0) is 20.2. The summed E-state index contributed by atoms with van der Waals surface area (Å²) in [6.07, 6.45) is 0.956.